The Morgan fingerprint density at radius 1 is 1.04 bits per heavy atom. The fourth-order valence-corrected chi connectivity index (χ4v) is 4.31. The van der Waals surface area contributed by atoms with Crippen molar-refractivity contribution < 1.29 is 0 Å². The number of hydrogen-bond acceptors (Lipinski definition) is 2. The maximum absolute atomic E-state index is 6.41. The predicted molar refractivity (Wildman–Crippen MR) is 110 cm³/mol. The molecule has 1 aliphatic carbocycles. The molecule has 1 saturated carbocycles. The summed E-state index contributed by atoms with van der Waals surface area (Å²) in [6.07, 6.45) is 10.1. The van der Waals surface area contributed by atoms with Crippen LogP contribution in [0.1, 0.15) is 43.4 Å². The average Bonchev–Trinajstić information content (AvgIpc) is 3.00. The van der Waals surface area contributed by atoms with Crippen LogP contribution in [0.2, 0.25) is 10.0 Å². The van der Waals surface area contributed by atoms with Crippen LogP contribution in [0.3, 0.4) is 0 Å². The van der Waals surface area contributed by atoms with Crippen LogP contribution in [0.4, 0.5) is 5.82 Å². The Morgan fingerprint density at radius 2 is 1.81 bits per heavy atom. The van der Waals surface area contributed by atoms with Gasteiger partial charge in [0.15, 0.2) is 5.65 Å². The number of halogens is 2. The van der Waals surface area contributed by atoms with Gasteiger partial charge in [0.1, 0.15) is 5.82 Å². The van der Waals surface area contributed by atoms with E-state index in [0.717, 1.165) is 30.0 Å². The fraction of sp³-hybridized carbons (Fsp3) is 0.381. The summed E-state index contributed by atoms with van der Waals surface area (Å²) < 4.78 is 2.03. The van der Waals surface area contributed by atoms with Gasteiger partial charge in [0.05, 0.1) is 15.7 Å². The Morgan fingerprint density at radius 3 is 2.58 bits per heavy atom. The van der Waals surface area contributed by atoms with Gasteiger partial charge in [0.2, 0.25) is 0 Å². The average molecular weight is 388 g/mol. The highest BCUT2D eigenvalue weighted by atomic mass is 35.5. The summed E-state index contributed by atoms with van der Waals surface area (Å²) in [5, 5.41) is 4.97. The third kappa shape index (κ3) is 3.84. The van der Waals surface area contributed by atoms with Crippen molar-refractivity contribution in [2.45, 2.75) is 51.0 Å². The van der Waals surface area contributed by atoms with E-state index in [1.54, 1.807) is 6.07 Å². The summed E-state index contributed by atoms with van der Waals surface area (Å²) in [6.45, 7) is 0. The molecule has 5 heteroatoms. The van der Waals surface area contributed by atoms with Crippen LogP contribution in [-0.2, 0) is 12.8 Å². The van der Waals surface area contributed by atoms with E-state index < -0.39 is 0 Å². The van der Waals surface area contributed by atoms with Gasteiger partial charge in [-0.25, -0.2) is 4.98 Å². The third-order valence-corrected chi connectivity index (χ3v) is 5.64. The van der Waals surface area contributed by atoms with E-state index in [1.165, 1.54) is 37.7 Å². The molecule has 1 fully saturated rings. The zero-order chi connectivity index (χ0) is 17.9. The van der Waals surface area contributed by atoms with Crippen molar-refractivity contribution in [3.05, 3.63) is 63.9 Å². The molecule has 0 unspecified atom stereocenters. The minimum atomic E-state index is 0.497. The molecule has 2 aromatic heterocycles. The van der Waals surface area contributed by atoms with Crippen LogP contribution in [0.25, 0.3) is 5.65 Å². The molecule has 3 nitrogen and oxygen atoms in total. The Balaban J connectivity index is 1.67. The van der Waals surface area contributed by atoms with E-state index in [4.69, 9.17) is 28.2 Å². The molecule has 3 aromatic rings. The van der Waals surface area contributed by atoms with E-state index in [1.807, 2.05) is 16.7 Å². The molecule has 0 atom stereocenters. The summed E-state index contributed by atoms with van der Waals surface area (Å²) in [5.74, 6) is 1.05. The molecular weight excluding hydrogens is 365 g/mol. The molecule has 0 bridgehead atoms. The van der Waals surface area contributed by atoms with Crippen molar-refractivity contribution >= 4 is 34.7 Å². The first kappa shape index (κ1) is 17.7. The fourth-order valence-electron chi connectivity index (χ4n) is 3.79. The number of aromatic nitrogens is 2. The van der Waals surface area contributed by atoms with E-state index in [9.17, 15) is 0 Å². The van der Waals surface area contributed by atoms with Gasteiger partial charge in [-0.2, -0.15) is 0 Å². The van der Waals surface area contributed by atoms with E-state index >= 15 is 0 Å². The highest BCUT2D eigenvalue weighted by molar-refractivity contribution is 6.36. The zero-order valence-electron chi connectivity index (χ0n) is 14.7. The lowest BCUT2D eigenvalue weighted by Gasteiger charge is -2.24. The molecule has 26 heavy (non-hydrogen) atoms. The van der Waals surface area contributed by atoms with Crippen LogP contribution >= 0.6 is 23.2 Å². The van der Waals surface area contributed by atoms with E-state index in [2.05, 4.69) is 29.6 Å². The Hall–Kier alpha value is -1.71. The second-order valence-corrected chi connectivity index (χ2v) is 7.92. The number of anilines is 1. The monoisotopic (exact) mass is 387 g/mol. The predicted octanol–water partition coefficient (Wildman–Crippen LogP) is 6.17. The van der Waals surface area contributed by atoms with Gasteiger partial charge < -0.3 is 5.32 Å². The molecule has 0 radical (unpaired) electrons. The molecular formula is C21H23Cl2N3. The molecule has 2 heterocycles. The molecule has 1 N–H and O–H groups in total. The summed E-state index contributed by atoms with van der Waals surface area (Å²) in [7, 11) is 0. The summed E-state index contributed by atoms with van der Waals surface area (Å²) >= 11 is 12.7. The van der Waals surface area contributed by atoms with Gasteiger partial charge in [0.25, 0.3) is 0 Å². The number of hydrogen-bond donors (Lipinski definition) is 1. The lowest BCUT2D eigenvalue weighted by Crippen LogP contribution is -2.23. The van der Waals surface area contributed by atoms with Gasteiger partial charge in [-0.15, -0.1) is 0 Å². The molecule has 0 aliphatic heterocycles. The Kier molecular flexibility index (Phi) is 5.37. The third-order valence-electron chi connectivity index (χ3n) is 5.15. The number of pyridine rings is 1. The van der Waals surface area contributed by atoms with Crippen LogP contribution in [-0.4, -0.2) is 15.4 Å². The van der Waals surface area contributed by atoms with E-state index in [-0.39, 0.29) is 0 Å². The van der Waals surface area contributed by atoms with Crippen LogP contribution in [0, 0.1) is 0 Å². The number of fused-ring (bicyclic) bond motifs is 1. The molecule has 0 spiro atoms. The number of imidazole rings is 1. The number of aryl methyl sites for hydroxylation is 2. The standard InChI is InChI=1S/C21H23Cl2N3/c22-16-13-18(23)20-25-19(12-11-15-7-3-1-4-8-15)21(26(20)14-16)24-17-9-5-2-6-10-17/h1,3-4,7-8,13-14,17,24H,2,5-6,9-12H2. The summed E-state index contributed by atoms with van der Waals surface area (Å²) in [4.78, 5) is 4.84. The summed E-state index contributed by atoms with van der Waals surface area (Å²) in [5.41, 5.74) is 3.15. The number of nitrogens with zero attached hydrogens (tertiary/aromatic N) is 2. The van der Waals surface area contributed by atoms with Gasteiger partial charge >= 0.3 is 0 Å². The maximum atomic E-state index is 6.41. The first-order valence-corrected chi connectivity index (χ1v) is 10.1. The largest absolute Gasteiger partial charge is 0.367 e. The zero-order valence-corrected chi connectivity index (χ0v) is 16.2. The molecule has 1 aliphatic rings. The van der Waals surface area contributed by atoms with Crippen molar-refractivity contribution in [3.63, 3.8) is 0 Å². The van der Waals surface area contributed by atoms with Crippen molar-refractivity contribution in [3.8, 4) is 0 Å². The van der Waals surface area contributed by atoms with Crippen LogP contribution in [0.15, 0.2) is 42.6 Å². The lowest BCUT2D eigenvalue weighted by molar-refractivity contribution is 0.461. The molecule has 4 rings (SSSR count). The second kappa shape index (κ2) is 7.89. The van der Waals surface area contributed by atoms with Crippen molar-refractivity contribution in [1.82, 2.24) is 9.38 Å². The topological polar surface area (TPSA) is 29.3 Å². The number of benzene rings is 1. The van der Waals surface area contributed by atoms with Gasteiger partial charge in [-0.1, -0.05) is 72.8 Å². The Labute approximate surface area is 164 Å². The first-order valence-electron chi connectivity index (χ1n) is 9.37. The van der Waals surface area contributed by atoms with Crippen molar-refractivity contribution in [2.75, 3.05) is 5.32 Å². The number of nitrogens with one attached hydrogen (secondary N) is 1. The normalized spacial score (nSPS) is 15.5. The highest BCUT2D eigenvalue weighted by Crippen LogP contribution is 2.30. The molecule has 136 valence electrons. The second-order valence-electron chi connectivity index (χ2n) is 7.07. The number of rotatable bonds is 5. The maximum Gasteiger partial charge on any atom is 0.157 e. The SMILES string of the molecule is Clc1cc(Cl)c2nc(CCc3ccccc3)c(NC3CCCCC3)n2c1. The minimum absolute atomic E-state index is 0.497. The van der Waals surface area contributed by atoms with Gasteiger partial charge in [0, 0.05) is 12.2 Å². The van der Waals surface area contributed by atoms with Gasteiger partial charge in [-0.3, -0.25) is 4.40 Å². The van der Waals surface area contributed by atoms with Gasteiger partial charge in [-0.05, 0) is 37.3 Å². The summed E-state index contributed by atoms with van der Waals surface area (Å²) in [6, 6.07) is 12.8. The first-order chi connectivity index (χ1) is 12.7. The van der Waals surface area contributed by atoms with Crippen molar-refractivity contribution in [1.29, 1.82) is 0 Å². The Bertz CT molecular complexity index is 883. The highest BCUT2D eigenvalue weighted by Gasteiger charge is 2.20. The smallest absolute Gasteiger partial charge is 0.157 e. The molecule has 0 saturated heterocycles. The van der Waals surface area contributed by atoms with Crippen molar-refractivity contribution in [2.24, 2.45) is 0 Å². The minimum Gasteiger partial charge on any atom is -0.367 e. The molecule has 1 aromatic carbocycles. The molecule has 0 amide bonds. The van der Waals surface area contributed by atoms with E-state index in [0.29, 0.717) is 16.1 Å². The van der Waals surface area contributed by atoms with Crippen LogP contribution in [0.5, 0.6) is 0 Å². The van der Waals surface area contributed by atoms with Crippen LogP contribution < -0.4 is 5.32 Å². The lowest BCUT2D eigenvalue weighted by atomic mass is 9.95. The quantitative estimate of drug-likeness (QED) is 0.566.